The molecule has 3 aromatic rings. The monoisotopic (exact) mass is 394 g/mol. The third-order valence-corrected chi connectivity index (χ3v) is 4.40. The number of halogens is 1. The predicted octanol–water partition coefficient (Wildman–Crippen LogP) is 5.55. The van der Waals surface area contributed by atoms with Crippen LogP contribution in [-0.4, -0.2) is 18.2 Å². The van der Waals surface area contributed by atoms with E-state index in [1.54, 1.807) is 67.8 Å². The van der Waals surface area contributed by atoms with Gasteiger partial charge in [-0.25, -0.2) is 4.79 Å². The molecule has 0 amide bonds. The van der Waals surface area contributed by atoms with Crippen LogP contribution in [0.3, 0.4) is 0 Å². The zero-order valence-corrected chi connectivity index (χ0v) is 16.0. The molecule has 5 heteroatoms. The first-order valence-corrected chi connectivity index (χ1v) is 9.00. The molecular formula is C23H19ClO4. The van der Waals surface area contributed by atoms with Crippen LogP contribution >= 0.6 is 11.6 Å². The van der Waals surface area contributed by atoms with Gasteiger partial charge in [-0.05, 0) is 41.5 Å². The Kier molecular flexibility index (Phi) is 6.35. The molecular weight excluding hydrogens is 376 g/mol. The molecule has 4 nitrogen and oxygen atoms in total. The Hall–Kier alpha value is -3.24. The van der Waals surface area contributed by atoms with E-state index >= 15 is 0 Å². The van der Waals surface area contributed by atoms with Crippen LogP contribution in [0, 0.1) is 0 Å². The summed E-state index contributed by atoms with van der Waals surface area (Å²) in [6.45, 7) is 0.318. The number of carbonyl (C=O) groups is 1. The summed E-state index contributed by atoms with van der Waals surface area (Å²) in [4.78, 5) is 11.8. The van der Waals surface area contributed by atoms with Gasteiger partial charge in [-0.1, -0.05) is 54.1 Å². The van der Waals surface area contributed by atoms with Crippen molar-refractivity contribution >= 4 is 29.2 Å². The first kappa shape index (κ1) is 19.5. The number of carboxylic acids is 1. The molecule has 0 aliphatic rings. The summed E-state index contributed by atoms with van der Waals surface area (Å²) in [5.74, 6) is 0.148. The minimum absolute atomic E-state index is 0.183. The Balaban J connectivity index is 1.95. The Morgan fingerprint density at radius 1 is 1.04 bits per heavy atom. The highest BCUT2D eigenvalue weighted by Crippen LogP contribution is 2.30. The zero-order valence-electron chi connectivity index (χ0n) is 15.3. The second-order valence-electron chi connectivity index (χ2n) is 6.05. The molecule has 3 rings (SSSR count). The SMILES string of the molecule is COc1ccc(/C=C(\C(=O)O)c2ccccc2)c(OCc2ccc(Cl)cc2)c1. The highest BCUT2D eigenvalue weighted by molar-refractivity contribution is 6.30. The first-order valence-electron chi connectivity index (χ1n) is 8.62. The Morgan fingerprint density at radius 2 is 1.75 bits per heavy atom. The van der Waals surface area contributed by atoms with Crippen molar-refractivity contribution < 1.29 is 19.4 Å². The van der Waals surface area contributed by atoms with Crippen molar-refractivity contribution in [3.05, 3.63) is 94.5 Å². The average molecular weight is 395 g/mol. The van der Waals surface area contributed by atoms with E-state index in [2.05, 4.69) is 0 Å². The van der Waals surface area contributed by atoms with E-state index in [0.29, 0.717) is 34.3 Å². The minimum atomic E-state index is -1.01. The molecule has 1 N–H and O–H groups in total. The predicted molar refractivity (Wildman–Crippen MR) is 111 cm³/mol. The summed E-state index contributed by atoms with van der Waals surface area (Å²) in [6.07, 6.45) is 1.61. The lowest BCUT2D eigenvalue weighted by molar-refractivity contribution is -0.130. The number of benzene rings is 3. The van der Waals surface area contributed by atoms with Gasteiger partial charge >= 0.3 is 5.97 Å². The maximum absolute atomic E-state index is 11.8. The molecule has 0 fully saturated rings. The van der Waals surface area contributed by atoms with Crippen molar-refractivity contribution in [1.82, 2.24) is 0 Å². The quantitative estimate of drug-likeness (QED) is 0.421. The third kappa shape index (κ3) is 4.93. The molecule has 0 saturated carbocycles. The van der Waals surface area contributed by atoms with Crippen molar-refractivity contribution in [3.63, 3.8) is 0 Å². The summed E-state index contributed by atoms with van der Waals surface area (Å²) < 4.78 is 11.2. The molecule has 0 radical (unpaired) electrons. The van der Waals surface area contributed by atoms with Crippen molar-refractivity contribution in [2.45, 2.75) is 6.61 Å². The third-order valence-electron chi connectivity index (χ3n) is 4.14. The molecule has 142 valence electrons. The van der Waals surface area contributed by atoms with Crippen LogP contribution in [0.1, 0.15) is 16.7 Å². The number of hydrogen-bond acceptors (Lipinski definition) is 3. The van der Waals surface area contributed by atoms with Crippen LogP contribution in [0.25, 0.3) is 11.6 Å². The van der Waals surface area contributed by atoms with E-state index in [-0.39, 0.29) is 5.57 Å². The van der Waals surface area contributed by atoms with E-state index < -0.39 is 5.97 Å². The first-order chi connectivity index (χ1) is 13.6. The molecule has 0 unspecified atom stereocenters. The molecule has 0 spiro atoms. The molecule has 0 bridgehead atoms. The number of hydrogen-bond donors (Lipinski definition) is 1. The molecule has 0 heterocycles. The second-order valence-corrected chi connectivity index (χ2v) is 6.48. The van der Waals surface area contributed by atoms with Gasteiger partial charge < -0.3 is 14.6 Å². The van der Waals surface area contributed by atoms with Gasteiger partial charge in [0.25, 0.3) is 0 Å². The standard InChI is InChI=1S/C23H19ClO4/c1-27-20-12-9-18(13-21(23(25)26)17-5-3-2-4-6-17)22(14-20)28-15-16-7-10-19(24)11-8-16/h2-14H,15H2,1H3,(H,25,26)/b21-13-. The second kappa shape index (κ2) is 9.11. The summed E-state index contributed by atoms with van der Waals surface area (Å²) in [5, 5.41) is 10.3. The van der Waals surface area contributed by atoms with Crippen molar-refractivity contribution in [2.24, 2.45) is 0 Å². The summed E-state index contributed by atoms with van der Waals surface area (Å²) >= 11 is 5.92. The highest BCUT2D eigenvalue weighted by Gasteiger charge is 2.13. The van der Waals surface area contributed by atoms with Gasteiger partial charge in [0.05, 0.1) is 12.7 Å². The van der Waals surface area contributed by atoms with Gasteiger partial charge in [0.1, 0.15) is 18.1 Å². The topological polar surface area (TPSA) is 55.8 Å². The molecule has 3 aromatic carbocycles. The Bertz CT molecular complexity index is 979. The Morgan fingerprint density at radius 3 is 2.39 bits per heavy atom. The maximum atomic E-state index is 11.8. The van der Waals surface area contributed by atoms with Gasteiger partial charge in [0.15, 0.2) is 0 Å². The normalized spacial score (nSPS) is 11.1. The number of rotatable bonds is 7. The van der Waals surface area contributed by atoms with Crippen LogP contribution in [0.5, 0.6) is 11.5 Å². The number of methoxy groups -OCH3 is 1. The smallest absolute Gasteiger partial charge is 0.336 e. The fourth-order valence-electron chi connectivity index (χ4n) is 2.67. The largest absolute Gasteiger partial charge is 0.497 e. The van der Waals surface area contributed by atoms with Gasteiger partial charge in [-0.2, -0.15) is 0 Å². The molecule has 0 atom stereocenters. The average Bonchev–Trinajstić information content (AvgIpc) is 2.72. The Labute approximate surface area is 168 Å². The van der Waals surface area contributed by atoms with Gasteiger partial charge in [0.2, 0.25) is 0 Å². The summed E-state index contributed by atoms with van der Waals surface area (Å²) in [7, 11) is 1.57. The van der Waals surface area contributed by atoms with Crippen LogP contribution in [0.15, 0.2) is 72.8 Å². The molecule has 0 saturated heterocycles. The van der Waals surface area contributed by atoms with E-state index in [4.69, 9.17) is 21.1 Å². The fraction of sp³-hybridized carbons (Fsp3) is 0.0870. The lowest BCUT2D eigenvalue weighted by Crippen LogP contribution is -2.01. The van der Waals surface area contributed by atoms with Crippen molar-refractivity contribution in [1.29, 1.82) is 0 Å². The molecule has 0 aromatic heterocycles. The molecule has 28 heavy (non-hydrogen) atoms. The van der Waals surface area contributed by atoms with Crippen LogP contribution in [0.4, 0.5) is 0 Å². The van der Waals surface area contributed by atoms with Crippen molar-refractivity contribution in [2.75, 3.05) is 7.11 Å². The minimum Gasteiger partial charge on any atom is -0.497 e. The summed E-state index contributed by atoms with van der Waals surface area (Å²) in [6, 6.07) is 21.6. The summed E-state index contributed by atoms with van der Waals surface area (Å²) in [5.41, 5.74) is 2.40. The van der Waals surface area contributed by atoms with Crippen LogP contribution in [0.2, 0.25) is 5.02 Å². The fourth-order valence-corrected chi connectivity index (χ4v) is 2.80. The zero-order chi connectivity index (χ0) is 19.9. The van der Waals surface area contributed by atoms with Gasteiger partial charge in [-0.15, -0.1) is 0 Å². The van der Waals surface area contributed by atoms with E-state index in [1.165, 1.54) is 0 Å². The number of carboxylic acid groups (broad SMARTS) is 1. The highest BCUT2D eigenvalue weighted by atomic mass is 35.5. The van der Waals surface area contributed by atoms with E-state index in [9.17, 15) is 9.90 Å². The molecule has 0 aliphatic carbocycles. The van der Waals surface area contributed by atoms with Crippen LogP contribution < -0.4 is 9.47 Å². The lowest BCUT2D eigenvalue weighted by Gasteiger charge is -2.12. The van der Waals surface area contributed by atoms with Crippen LogP contribution in [-0.2, 0) is 11.4 Å². The van der Waals surface area contributed by atoms with Crippen molar-refractivity contribution in [3.8, 4) is 11.5 Å². The number of ether oxygens (including phenoxy) is 2. The van der Waals surface area contributed by atoms with Gasteiger partial charge in [0, 0.05) is 16.7 Å². The van der Waals surface area contributed by atoms with Gasteiger partial charge in [-0.3, -0.25) is 0 Å². The van der Waals surface area contributed by atoms with E-state index in [0.717, 1.165) is 5.56 Å². The number of aliphatic carboxylic acids is 1. The van der Waals surface area contributed by atoms with E-state index in [1.807, 2.05) is 18.2 Å². The molecule has 0 aliphatic heterocycles. The maximum Gasteiger partial charge on any atom is 0.336 e. The lowest BCUT2D eigenvalue weighted by atomic mass is 10.0.